The summed E-state index contributed by atoms with van der Waals surface area (Å²) in [5.41, 5.74) is 3.42. The van der Waals surface area contributed by atoms with Gasteiger partial charge in [0.15, 0.2) is 0 Å². The highest BCUT2D eigenvalue weighted by Gasteiger charge is 2.32. The van der Waals surface area contributed by atoms with Gasteiger partial charge in [-0.15, -0.1) is 0 Å². The SMILES string of the molecule is CCOC(=O)c1cccc(N2CC(Oc3ccc(COc4cccnc4)cc3)C2)c1-n1cccc1. The van der Waals surface area contributed by atoms with Crippen molar-refractivity contribution in [3.63, 3.8) is 0 Å². The smallest absolute Gasteiger partial charge is 0.340 e. The fraction of sp³-hybridized carbons (Fsp3) is 0.214. The van der Waals surface area contributed by atoms with Crippen LogP contribution < -0.4 is 14.4 Å². The molecule has 178 valence electrons. The van der Waals surface area contributed by atoms with Crippen molar-refractivity contribution in [2.24, 2.45) is 0 Å². The van der Waals surface area contributed by atoms with Crippen LogP contribution in [-0.4, -0.2) is 41.3 Å². The van der Waals surface area contributed by atoms with Crippen molar-refractivity contribution in [3.05, 3.63) is 103 Å². The Bertz CT molecular complexity index is 1250. The number of rotatable bonds is 9. The van der Waals surface area contributed by atoms with Gasteiger partial charge in [-0.05, 0) is 61.0 Å². The summed E-state index contributed by atoms with van der Waals surface area (Å²) in [5.74, 6) is 1.25. The van der Waals surface area contributed by atoms with E-state index in [1.807, 2.05) is 90.6 Å². The number of nitrogens with zero attached hydrogens (tertiary/aromatic N) is 3. The average molecular weight is 470 g/mol. The first-order chi connectivity index (χ1) is 17.2. The van der Waals surface area contributed by atoms with Gasteiger partial charge in [0, 0.05) is 18.6 Å². The van der Waals surface area contributed by atoms with Gasteiger partial charge in [-0.25, -0.2) is 4.79 Å². The zero-order valence-corrected chi connectivity index (χ0v) is 19.5. The highest BCUT2D eigenvalue weighted by Crippen LogP contribution is 2.33. The predicted molar refractivity (Wildman–Crippen MR) is 133 cm³/mol. The van der Waals surface area contributed by atoms with E-state index in [-0.39, 0.29) is 12.1 Å². The van der Waals surface area contributed by atoms with Gasteiger partial charge in [-0.2, -0.15) is 0 Å². The van der Waals surface area contributed by atoms with E-state index in [0.29, 0.717) is 18.8 Å². The molecule has 1 saturated heterocycles. The van der Waals surface area contributed by atoms with E-state index >= 15 is 0 Å². The molecule has 0 unspecified atom stereocenters. The molecule has 7 nitrogen and oxygen atoms in total. The van der Waals surface area contributed by atoms with Crippen LogP contribution in [0.15, 0.2) is 91.5 Å². The number of aromatic nitrogens is 2. The van der Waals surface area contributed by atoms with Gasteiger partial charge < -0.3 is 23.7 Å². The van der Waals surface area contributed by atoms with Gasteiger partial charge in [0.2, 0.25) is 0 Å². The van der Waals surface area contributed by atoms with Gasteiger partial charge in [0.1, 0.15) is 24.2 Å². The normalized spacial score (nSPS) is 13.2. The standard InChI is InChI=1S/C28H27N3O4/c1-2-33-28(32)25-8-5-9-26(27(25)30-15-3-4-16-30)31-18-24(19-31)35-22-12-10-21(11-13-22)20-34-23-7-6-14-29-17-23/h3-17,24H,2,18-20H2,1H3. The number of carbonyl (C=O) groups excluding carboxylic acids is 1. The number of para-hydroxylation sites is 1. The first-order valence-corrected chi connectivity index (χ1v) is 11.7. The van der Waals surface area contributed by atoms with Crippen molar-refractivity contribution in [1.29, 1.82) is 0 Å². The summed E-state index contributed by atoms with van der Waals surface area (Å²) in [6.45, 7) is 4.08. The predicted octanol–water partition coefficient (Wildman–Crippen LogP) is 4.90. The Kier molecular flexibility index (Phi) is 6.66. The number of carbonyl (C=O) groups is 1. The largest absolute Gasteiger partial charge is 0.487 e. The van der Waals surface area contributed by atoms with E-state index in [1.165, 1.54) is 0 Å². The second-order valence-corrected chi connectivity index (χ2v) is 8.25. The molecular weight excluding hydrogens is 442 g/mol. The lowest BCUT2D eigenvalue weighted by Gasteiger charge is -2.41. The Hall–Kier alpha value is -4.26. The van der Waals surface area contributed by atoms with Gasteiger partial charge in [0.25, 0.3) is 0 Å². The fourth-order valence-electron chi connectivity index (χ4n) is 4.08. The molecule has 35 heavy (non-hydrogen) atoms. The maximum atomic E-state index is 12.6. The fourth-order valence-corrected chi connectivity index (χ4v) is 4.08. The number of hydrogen-bond donors (Lipinski definition) is 0. The molecule has 2 aromatic heterocycles. The van der Waals surface area contributed by atoms with Crippen LogP contribution in [0.4, 0.5) is 5.69 Å². The van der Waals surface area contributed by atoms with Crippen molar-refractivity contribution in [2.75, 3.05) is 24.6 Å². The molecule has 3 heterocycles. The molecule has 1 aliphatic rings. The third kappa shape index (κ3) is 5.14. The van der Waals surface area contributed by atoms with Crippen LogP contribution in [0.25, 0.3) is 5.69 Å². The molecular formula is C28H27N3O4. The Balaban J connectivity index is 1.22. The molecule has 2 aromatic carbocycles. The molecule has 0 spiro atoms. The molecule has 7 heteroatoms. The summed E-state index contributed by atoms with van der Waals surface area (Å²) < 4.78 is 19.2. The topological polar surface area (TPSA) is 65.8 Å². The minimum atomic E-state index is -0.320. The number of benzene rings is 2. The van der Waals surface area contributed by atoms with Crippen LogP contribution in [0.5, 0.6) is 11.5 Å². The summed E-state index contributed by atoms with van der Waals surface area (Å²) in [5, 5.41) is 0. The van der Waals surface area contributed by atoms with Crippen molar-refractivity contribution < 1.29 is 19.0 Å². The molecule has 0 saturated carbocycles. The number of hydrogen-bond acceptors (Lipinski definition) is 6. The zero-order chi connectivity index (χ0) is 24.0. The lowest BCUT2D eigenvalue weighted by atomic mass is 10.1. The summed E-state index contributed by atoms with van der Waals surface area (Å²) >= 11 is 0. The Morgan fingerprint density at radius 1 is 0.971 bits per heavy atom. The number of anilines is 1. The van der Waals surface area contributed by atoms with Gasteiger partial charge in [-0.1, -0.05) is 18.2 Å². The van der Waals surface area contributed by atoms with Crippen LogP contribution in [-0.2, 0) is 11.3 Å². The van der Waals surface area contributed by atoms with E-state index in [0.717, 1.165) is 41.5 Å². The lowest BCUT2D eigenvalue weighted by molar-refractivity contribution is 0.0526. The molecule has 0 bridgehead atoms. The van der Waals surface area contributed by atoms with Crippen LogP contribution in [0.1, 0.15) is 22.8 Å². The third-order valence-electron chi connectivity index (χ3n) is 5.83. The minimum absolute atomic E-state index is 0.0660. The molecule has 0 amide bonds. The molecule has 0 N–H and O–H groups in total. The van der Waals surface area contributed by atoms with Crippen LogP contribution in [0.3, 0.4) is 0 Å². The summed E-state index contributed by atoms with van der Waals surface area (Å²) in [7, 11) is 0. The molecule has 1 aliphatic heterocycles. The van der Waals surface area contributed by atoms with E-state index < -0.39 is 0 Å². The van der Waals surface area contributed by atoms with E-state index in [9.17, 15) is 4.79 Å². The highest BCUT2D eigenvalue weighted by atomic mass is 16.5. The van der Waals surface area contributed by atoms with E-state index in [2.05, 4.69) is 9.88 Å². The zero-order valence-electron chi connectivity index (χ0n) is 19.5. The van der Waals surface area contributed by atoms with Crippen molar-refractivity contribution in [2.45, 2.75) is 19.6 Å². The van der Waals surface area contributed by atoms with Crippen molar-refractivity contribution in [1.82, 2.24) is 9.55 Å². The van der Waals surface area contributed by atoms with Crippen LogP contribution in [0.2, 0.25) is 0 Å². The lowest BCUT2D eigenvalue weighted by Crippen LogP contribution is -2.54. The maximum absolute atomic E-state index is 12.6. The summed E-state index contributed by atoms with van der Waals surface area (Å²) in [4.78, 5) is 18.9. The first-order valence-electron chi connectivity index (χ1n) is 11.7. The van der Waals surface area contributed by atoms with Gasteiger partial charge in [0.05, 0.1) is 42.8 Å². The third-order valence-corrected chi connectivity index (χ3v) is 5.83. The Morgan fingerprint density at radius 3 is 2.49 bits per heavy atom. The number of esters is 1. The number of ether oxygens (including phenoxy) is 3. The monoisotopic (exact) mass is 469 g/mol. The Labute approximate surface area is 204 Å². The molecule has 0 radical (unpaired) electrons. The molecule has 1 fully saturated rings. The van der Waals surface area contributed by atoms with Crippen molar-refractivity contribution >= 4 is 11.7 Å². The second kappa shape index (κ2) is 10.3. The minimum Gasteiger partial charge on any atom is -0.487 e. The first kappa shape index (κ1) is 22.5. The maximum Gasteiger partial charge on any atom is 0.340 e. The van der Waals surface area contributed by atoms with Crippen LogP contribution in [0, 0.1) is 0 Å². The van der Waals surface area contributed by atoms with Gasteiger partial charge in [-0.3, -0.25) is 4.98 Å². The summed E-state index contributed by atoms with van der Waals surface area (Å²) in [6.07, 6.45) is 7.36. The van der Waals surface area contributed by atoms with E-state index in [4.69, 9.17) is 14.2 Å². The number of pyridine rings is 1. The van der Waals surface area contributed by atoms with Crippen LogP contribution >= 0.6 is 0 Å². The second-order valence-electron chi connectivity index (χ2n) is 8.25. The average Bonchev–Trinajstić information content (AvgIpc) is 3.40. The highest BCUT2D eigenvalue weighted by molar-refractivity contribution is 5.96. The van der Waals surface area contributed by atoms with Crippen molar-refractivity contribution in [3.8, 4) is 17.2 Å². The molecule has 5 rings (SSSR count). The Morgan fingerprint density at radius 2 is 1.77 bits per heavy atom. The quantitative estimate of drug-likeness (QED) is 0.325. The van der Waals surface area contributed by atoms with Gasteiger partial charge >= 0.3 is 5.97 Å². The summed E-state index contributed by atoms with van der Waals surface area (Å²) in [6, 6.07) is 21.3. The molecule has 0 aliphatic carbocycles. The molecule has 4 aromatic rings. The molecule has 0 atom stereocenters. The van der Waals surface area contributed by atoms with E-state index in [1.54, 1.807) is 12.4 Å².